The minimum absolute atomic E-state index is 0.0187. The summed E-state index contributed by atoms with van der Waals surface area (Å²) in [4.78, 5) is 29.3. The number of ether oxygens (including phenoxy) is 1. The number of thiazole rings is 1. The number of carbonyl (C=O) groups excluding carboxylic acids is 1. The highest BCUT2D eigenvalue weighted by atomic mass is 32.1. The third-order valence-electron chi connectivity index (χ3n) is 4.49. The Morgan fingerprint density at radius 2 is 2.07 bits per heavy atom. The minimum Gasteiger partial charge on any atom is -0.378 e. The van der Waals surface area contributed by atoms with Crippen LogP contribution < -0.4 is 10.2 Å². The molecule has 1 aromatic heterocycles. The first-order valence-electron chi connectivity index (χ1n) is 9.05. The van der Waals surface area contributed by atoms with Gasteiger partial charge in [0.1, 0.15) is 0 Å². The molecule has 0 unspecified atom stereocenters. The summed E-state index contributed by atoms with van der Waals surface area (Å²) < 4.78 is 6.38. The fourth-order valence-electron chi connectivity index (χ4n) is 3.05. The number of fused-ring (bicyclic) bond motifs is 1. The zero-order chi connectivity index (χ0) is 20.2. The summed E-state index contributed by atoms with van der Waals surface area (Å²) in [6.07, 6.45) is 2.87. The van der Waals surface area contributed by atoms with E-state index in [0.717, 1.165) is 42.2 Å². The first-order valence-corrected chi connectivity index (χ1v) is 9.87. The molecule has 148 valence electrons. The SMILES string of the molecule is O=C(/C=C/c1cccc([N+](=O)[O-])c1)Nc1nc2ccc(N3CCOCC3)cc2s1. The van der Waals surface area contributed by atoms with Crippen molar-refractivity contribution in [2.24, 2.45) is 0 Å². The summed E-state index contributed by atoms with van der Waals surface area (Å²) >= 11 is 1.41. The molecular formula is C20H18N4O4S. The summed E-state index contributed by atoms with van der Waals surface area (Å²) in [5, 5.41) is 14.1. The number of nitro groups is 1. The molecule has 9 heteroatoms. The average Bonchev–Trinajstić information content (AvgIpc) is 3.14. The summed E-state index contributed by atoms with van der Waals surface area (Å²) in [5.74, 6) is -0.344. The maximum absolute atomic E-state index is 12.2. The van der Waals surface area contributed by atoms with Crippen LogP contribution in [-0.4, -0.2) is 42.1 Å². The lowest BCUT2D eigenvalue weighted by atomic mass is 10.2. The Kier molecular flexibility index (Phi) is 5.50. The predicted molar refractivity (Wildman–Crippen MR) is 113 cm³/mol. The monoisotopic (exact) mass is 410 g/mol. The van der Waals surface area contributed by atoms with E-state index in [-0.39, 0.29) is 11.6 Å². The predicted octanol–water partition coefficient (Wildman–Crippen LogP) is 3.69. The van der Waals surface area contributed by atoms with Crippen molar-refractivity contribution < 1.29 is 14.5 Å². The maximum atomic E-state index is 12.2. The van der Waals surface area contributed by atoms with Gasteiger partial charge in [-0.05, 0) is 29.8 Å². The van der Waals surface area contributed by atoms with E-state index in [1.807, 2.05) is 12.1 Å². The fraction of sp³-hybridized carbons (Fsp3) is 0.200. The first kappa shape index (κ1) is 19.0. The lowest BCUT2D eigenvalue weighted by molar-refractivity contribution is -0.384. The second kappa shape index (κ2) is 8.38. The number of benzene rings is 2. The lowest BCUT2D eigenvalue weighted by Gasteiger charge is -2.28. The Morgan fingerprint density at radius 3 is 2.86 bits per heavy atom. The van der Waals surface area contributed by atoms with Gasteiger partial charge >= 0.3 is 0 Å². The summed E-state index contributed by atoms with van der Waals surface area (Å²) in [6, 6.07) is 12.1. The van der Waals surface area contributed by atoms with Crippen LogP contribution in [0.1, 0.15) is 5.56 Å². The summed E-state index contributed by atoms with van der Waals surface area (Å²) in [5.41, 5.74) is 2.50. The fourth-order valence-corrected chi connectivity index (χ4v) is 3.95. The van der Waals surface area contributed by atoms with Crippen LogP contribution in [-0.2, 0) is 9.53 Å². The van der Waals surface area contributed by atoms with Gasteiger partial charge in [0.2, 0.25) is 5.91 Å². The second-order valence-corrected chi connectivity index (χ2v) is 7.48. The van der Waals surface area contributed by atoms with E-state index >= 15 is 0 Å². The molecular weight excluding hydrogens is 392 g/mol. The molecule has 29 heavy (non-hydrogen) atoms. The Hall–Kier alpha value is -3.30. The standard InChI is InChI=1S/C20H18N4O4S/c25-19(7-4-14-2-1-3-16(12-14)24(26)27)22-20-21-17-6-5-15(13-18(17)29-20)23-8-10-28-11-9-23/h1-7,12-13H,8-11H2,(H,21,22,25)/b7-4+. The van der Waals surface area contributed by atoms with E-state index in [1.54, 1.807) is 12.1 Å². The van der Waals surface area contributed by atoms with Crippen LogP contribution in [0.2, 0.25) is 0 Å². The molecule has 1 amide bonds. The number of nitrogens with zero attached hydrogens (tertiary/aromatic N) is 3. The van der Waals surface area contributed by atoms with E-state index in [9.17, 15) is 14.9 Å². The number of non-ortho nitro benzene ring substituents is 1. The van der Waals surface area contributed by atoms with Gasteiger partial charge in [0, 0.05) is 37.0 Å². The van der Waals surface area contributed by atoms with Gasteiger partial charge in [0.25, 0.3) is 5.69 Å². The van der Waals surface area contributed by atoms with Gasteiger partial charge in [-0.1, -0.05) is 23.5 Å². The normalized spacial score (nSPS) is 14.4. The second-order valence-electron chi connectivity index (χ2n) is 6.45. The number of morpholine rings is 1. The molecule has 0 spiro atoms. The van der Waals surface area contributed by atoms with Gasteiger partial charge in [-0.2, -0.15) is 0 Å². The minimum atomic E-state index is -0.469. The van der Waals surface area contributed by atoms with Crippen molar-refractivity contribution in [3.63, 3.8) is 0 Å². The van der Waals surface area contributed by atoms with Crippen molar-refractivity contribution in [1.82, 2.24) is 4.98 Å². The van der Waals surface area contributed by atoms with Crippen molar-refractivity contribution >= 4 is 50.0 Å². The molecule has 0 saturated carbocycles. The van der Waals surface area contributed by atoms with Crippen molar-refractivity contribution in [3.05, 3.63) is 64.2 Å². The van der Waals surface area contributed by atoms with Crippen LogP contribution in [0.15, 0.2) is 48.5 Å². The molecule has 2 heterocycles. The molecule has 1 saturated heterocycles. The zero-order valence-corrected chi connectivity index (χ0v) is 16.2. The smallest absolute Gasteiger partial charge is 0.270 e. The van der Waals surface area contributed by atoms with E-state index < -0.39 is 4.92 Å². The summed E-state index contributed by atoms with van der Waals surface area (Å²) in [7, 11) is 0. The van der Waals surface area contributed by atoms with Crippen LogP contribution >= 0.6 is 11.3 Å². The van der Waals surface area contributed by atoms with Gasteiger partial charge in [-0.3, -0.25) is 20.2 Å². The number of carbonyl (C=O) groups is 1. The number of amides is 1. The Balaban J connectivity index is 1.45. The topological polar surface area (TPSA) is 97.6 Å². The quantitative estimate of drug-likeness (QED) is 0.391. The van der Waals surface area contributed by atoms with E-state index in [1.165, 1.54) is 35.6 Å². The van der Waals surface area contributed by atoms with Crippen molar-refractivity contribution in [3.8, 4) is 0 Å². The molecule has 4 rings (SSSR count). The van der Waals surface area contributed by atoms with E-state index in [0.29, 0.717) is 10.7 Å². The highest BCUT2D eigenvalue weighted by Gasteiger charge is 2.13. The highest BCUT2D eigenvalue weighted by Crippen LogP contribution is 2.30. The Morgan fingerprint density at radius 1 is 1.24 bits per heavy atom. The molecule has 1 N–H and O–H groups in total. The maximum Gasteiger partial charge on any atom is 0.270 e. The molecule has 2 aromatic carbocycles. The number of rotatable bonds is 5. The molecule has 0 atom stereocenters. The molecule has 1 aliphatic rings. The molecule has 0 aliphatic carbocycles. The third kappa shape index (κ3) is 4.58. The van der Waals surface area contributed by atoms with Crippen molar-refractivity contribution in [2.45, 2.75) is 0 Å². The number of hydrogen-bond acceptors (Lipinski definition) is 7. The van der Waals surface area contributed by atoms with Crippen LogP contribution in [0.25, 0.3) is 16.3 Å². The van der Waals surface area contributed by atoms with Gasteiger partial charge in [0.15, 0.2) is 5.13 Å². The van der Waals surface area contributed by atoms with E-state index in [2.05, 4.69) is 21.3 Å². The largest absolute Gasteiger partial charge is 0.378 e. The van der Waals surface area contributed by atoms with Gasteiger partial charge in [-0.25, -0.2) is 4.98 Å². The number of anilines is 2. The number of hydrogen-bond donors (Lipinski definition) is 1. The van der Waals surface area contributed by atoms with E-state index in [4.69, 9.17) is 4.74 Å². The third-order valence-corrected chi connectivity index (χ3v) is 5.42. The number of aromatic nitrogens is 1. The number of nitro benzene ring substituents is 1. The Labute approximate surface area is 170 Å². The zero-order valence-electron chi connectivity index (χ0n) is 15.4. The van der Waals surface area contributed by atoms with Crippen molar-refractivity contribution in [1.29, 1.82) is 0 Å². The van der Waals surface area contributed by atoms with Crippen LogP contribution in [0, 0.1) is 10.1 Å². The van der Waals surface area contributed by atoms with Gasteiger partial charge in [-0.15, -0.1) is 0 Å². The first-order chi connectivity index (χ1) is 14.1. The average molecular weight is 410 g/mol. The molecule has 3 aromatic rings. The highest BCUT2D eigenvalue weighted by molar-refractivity contribution is 7.22. The molecule has 8 nitrogen and oxygen atoms in total. The molecule has 0 radical (unpaired) electrons. The number of nitrogens with one attached hydrogen (secondary N) is 1. The van der Waals surface area contributed by atoms with Crippen LogP contribution in [0.4, 0.5) is 16.5 Å². The van der Waals surface area contributed by atoms with Crippen LogP contribution in [0.5, 0.6) is 0 Å². The van der Waals surface area contributed by atoms with Crippen molar-refractivity contribution in [2.75, 3.05) is 36.5 Å². The van der Waals surface area contributed by atoms with Gasteiger partial charge in [0.05, 0.1) is 28.4 Å². The van der Waals surface area contributed by atoms with Crippen LogP contribution in [0.3, 0.4) is 0 Å². The molecule has 1 fully saturated rings. The Bertz CT molecular complexity index is 1090. The molecule has 0 bridgehead atoms. The summed E-state index contributed by atoms with van der Waals surface area (Å²) in [6.45, 7) is 3.16. The lowest BCUT2D eigenvalue weighted by Crippen LogP contribution is -2.36. The molecule has 1 aliphatic heterocycles. The van der Waals surface area contributed by atoms with Gasteiger partial charge < -0.3 is 9.64 Å².